The van der Waals surface area contributed by atoms with Crippen molar-refractivity contribution in [2.75, 3.05) is 52.3 Å². The number of rotatable bonds is 8. The largest absolute Gasteiger partial charge is 0.497 e. The molecule has 1 fully saturated rings. The Bertz CT molecular complexity index is 875. The van der Waals surface area contributed by atoms with E-state index in [0.29, 0.717) is 37.6 Å². The minimum Gasteiger partial charge on any atom is -0.497 e. The first-order valence-corrected chi connectivity index (χ1v) is 10.6. The highest BCUT2D eigenvalue weighted by molar-refractivity contribution is 7.99. The van der Waals surface area contributed by atoms with Crippen LogP contribution in [-0.4, -0.2) is 73.0 Å². The van der Waals surface area contributed by atoms with E-state index in [1.807, 2.05) is 0 Å². The van der Waals surface area contributed by atoms with Gasteiger partial charge in [-0.25, -0.2) is 9.97 Å². The summed E-state index contributed by atoms with van der Waals surface area (Å²) in [7, 11) is 1.50. The first kappa shape index (κ1) is 23.3. The second kappa shape index (κ2) is 10.8. The highest BCUT2D eigenvalue weighted by Gasteiger charge is 2.34. The van der Waals surface area contributed by atoms with Gasteiger partial charge in [-0.1, -0.05) is 11.8 Å². The van der Waals surface area contributed by atoms with Crippen LogP contribution in [0.3, 0.4) is 0 Å². The van der Waals surface area contributed by atoms with E-state index in [1.165, 1.54) is 7.11 Å². The Kier molecular flexibility index (Phi) is 8.10. The van der Waals surface area contributed by atoms with E-state index in [9.17, 15) is 18.0 Å². The summed E-state index contributed by atoms with van der Waals surface area (Å²) in [6, 6.07) is 7.41. The molecule has 1 amide bonds. The number of hydrogen-bond acceptors (Lipinski definition) is 7. The topological polar surface area (TPSA) is 76.6 Å². The van der Waals surface area contributed by atoms with Gasteiger partial charge in [-0.05, 0) is 30.3 Å². The van der Waals surface area contributed by atoms with Crippen molar-refractivity contribution in [3.63, 3.8) is 0 Å². The fourth-order valence-corrected chi connectivity index (χ4v) is 3.59. The molecule has 1 N–H and O–H groups in total. The SMILES string of the molecule is COc1ccc(-c2cc(C(F)(F)F)nc(SCC(=O)NCCN3CCOCC3)n2)cc1. The summed E-state index contributed by atoms with van der Waals surface area (Å²) >= 11 is 0.869. The molecule has 2 aromatic rings. The Balaban J connectivity index is 1.63. The van der Waals surface area contributed by atoms with Gasteiger partial charge in [0.25, 0.3) is 0 Å². The fraction of sp³-hybridized carbons (Fsp3) is 0.450. The summed E-state index contributed by atoms with van der Waals surface area (Å²) < 4.78 is 50.3. The molecule has 0 aliphatic carbocycles. The van der Waals surface area contributed by atoms with E-state index >= 15 is 0 Å². The molecule has 1 aliphatic rings. The predicted molar refractivity (Wildman–Crippen MR) is 110 cm³/mol. The second-order valence-corrected chi connectivity index (χ2v) is 7.68. The number of hydrogen-bond donors (Lipinski definition) is 1. The lowest BCUT2D eigenvalue weighted by atomic mass is 10.1. The number of alkyl halides is 3. The third kappa shape index (κ3) is 7.08. The molecule has 1 aliphatic heterocycles. The monoisotopic (exact) mass is 456 g/mol. The Morgan fingerprint density at radius 1 is 1.23 bits per heavy atom. The summed E-state index contributed by atoms with van der Waals surface area (Å²) in [5.74, 6) is 0.217. The van der Waals surface area contributed by atoms with E-state index in [-0.39, 0.29) is 22.5 Å². The van der Waals surface area contributed by atoms with E-state index in [2.05, 4.69) is 20.2 Å². The number of morpholine rings is 1. The zero-order valence-corrected chi connectivity index (χ0v) is 17.8. The molecule has 1 saturated heterocycles. The molecule has 168 valence electrons. The highest BCUT2D eigenvalue weighted by atomic mass is 32.2. The number of amides is 1. The van der Waals surface area contributed by atoms with Crippen molar-refractivity contribution in [3.05, 3.63) is 36.0 Å². The van der Waals surface area contributed by atoms with E-state index in [0.717, 1.165) is 30.9 Å². The van der Waals surface area contributed by atoms with E-state index < -0.39 is 11.9 Å². The third-order valence-electron chi connectivity index (χ3n) is 4.57. The van der Waals surface area contributed by atoms with Gasteiger partial charge in [0.15, 0.2) is 5.16 Å². The van der Waals surface area contributed by atoms with Gasteiger partial charge in [-0.3, -0.25) is 9.69 Å². The van der Waals surface area contributed by atoms with Gasteiger partial charge in [0.05, 0.1) is 31.8 Å². The summed E-state index contributed by atoms with van der Waals surface area (Å²) in [6.07, 6.45) is -4.63. The van der Waals surface area contributed by atoms with Crippen LogP contribution < -0.4 is 10.1 Å². The predicted octanol–water partition coefficient (Wildman–Crippen LogP) is 2.71. The van der Waals surface area contributed by atoms with Crippen molar-refractivity contribution >= 4 is 17.7 Å². The van der Waals surface area contributed by atoms with Crippen molar-refractivity contribution in [1.29, 1.82) is 0 Å². The van der Waals surface area contributed by atoms with Crippen LogP contribution in [0, 0.1) is 0 Å². The van der Waals surface area contributed by atoms with Gasteiger partial charge in [-0.15, -0.1) is 0 Å². The van der Waals surface area contributed by atoms with Gasteiger partial charge in [0.1, 0.15) is 11.4 Å². The van der Waals surface area contributed by atoms with Crippen LogP contribution in [-0.2, 0) is 15.7 Å². The van der Waals surface area contributed by atoms with Crippen LogP contribution in [0.5, 0.6) is 5.75 Å². The van der Waals surface area contributed by atoms with Crippen molar-refractivity contribution in [2.45, 2.75) is 11.3 Å². The maximum atomic E-state index is 13.3. The first-order valence-electron chi connectivity index (χ1n) is 9.65. The maximum absolute atomic E-state index is 13.3. The first-order chi connectivity index (χ1) is 14.8. The van der Waals surface area contributed by atoms with Crippen molar-refractivity contribution in [3.8, 4) is 17.0 Å². The number of benzene rings is 1. The molecule has 2 heterocycles. The number of carbonyl (C=O) groups is 1. The lowest BCUT2D eigenvalue weighted by Gasteiger charge is -2.26. The van der Waals surface area contributed by atoms with Gasteiger partial charge in [0, 0.05) is 31.7 Å². The summed E-state index contributed by atoms with van der Waals surface area (Å²) in [4.78, 5) is 22.1. The Labute approximate surface area is 182 Å². The normalized spacial score (nSPS) is 15.0. The molecule has 0 spiro atoms. The summed E-state index contributed by atoms with van der Waals surface area (Å²) in [5.41, 5.74) is -0.436. The van der Waals surface area contributed by atoms with Crippen LogP contribution in [0.25, 0.3) is 11.3 Å². The van der Waals surface area contributed by atoms with Crippen LogP contribution in [0.15, 0.2) is 35.5 Å². The molecule has 0 bridgehead atoms. The molecular weight excluding hydrogens is 433 g/mol. The molecule has 0 radical (unpaired) electrons. The smallest absolute Gasteiger partial charge is 0.433 e. The number of aromatic nitrogens is 2. The highest BCUT2D eigenvalue weighted by Crippen LogP contribution is 2.32. The molecular formula is C20H23F3N4O3S. The van der Waals surface area contributed by atoms with Crippen LogP contribution in [0.4, 0.5) is 13.2 Å². The van der Waals surface area contributed by atoms with Gasteiger partial charge < -0.3 is 14.8 Å². The van der Waals surface area contributed by atoms with Crippen molar-refractivity contribution in [1.82, 2.24) is 20.2 Å². The molecule has 3 rings (SSSR count). The number of ether oxygens (including phenoxy) is 2. The molecule has 1 aromatic heterocycles. The Morgan fingerprint density at radius 3 is 2.58 bits per heavy atom. The van der Waals surface area contributed by atoms with E-state index in [4.69, 9.17) is 9.47 Å². The molecule has 0 saturated carbocycles. The lowest BCUT2D eigenvalue weighted by Crippen LogP contribution is -2.41. The quantitative estimate of drug-likeness (QED) is 0.484. The second-order valence-electron chi connectivity index (χ2n) is 6.74. The number of carbonyl (C=O) groups excluding carboxylic acids is 1. The van der Waals surface area contributed by atoms with E-state index in [1.54, 1.807) is 24.3 Å². The maximum Gasteiger partial charge on any atom is 0.433 e. The molecule has 1 aromatic carbocycles. The molecule has 0 atom stereocenters. The molecule has 7 nitrogen and oxygen atoms in total. The molecule has 11 heteroatoms. The number of halogens is 3. The molecule has 0 unspecified atom stereocenters. The average Bonchev–Trinajstić information content (AvgIpc) is 2.78. The average molecular weight is 456 g/mol. The number of nitrogens with one attached hydrogen (secondary N) is 1. The number of nitrogens with zero attached hydrogens (tertiary/aromatic N) is 3. The minimum atomic E-state index is -4.63. The Hall–Kier alpha value is -2.37. The third-order valence-corrected chi connectivity index (χ3v) is 5.42. The fourth-order valence-electron chi connectivity index (χ4n) is 2.90. The summed E-state index contributed by atoms with van der Waals surface area (Å²) in [6.45, 7) is 4.13. The van der Waals surface area contributed by atoms with Gasteiger partial charge >= 0.3 is 6.18 Å². The van der Waals surface area contributed by atoms with Crippen molar-refractivity contribution in [2.24, 2.45) is 0 Å². The van der Waals surface area contributed by atoms with Crippen molar-refractivity contribution < 1.29 is 27.4 Å². The number of thioether (sulfide) groups is 1. The standard InChI is InChI=1S/C20H23F3N4O3S/c1-29-15-4-2-14(3-5-15)16-12-17(20(21,22)23)26-19(25-16)31-13-18(28)24-6-7-27-8-10-30-11-9-27/h2-5,12H,6-11,13H2,1H3,(H,24,28). The molecule has 31 heavy (non-hydrogen) atoms. The van der Waals surface area contributed by atoms with Crippen LogP contribution in [0.2, 0.25) is 0 Å². The Morgan fingerprint density at radius 2 is 1.94 bits per heavy atom. The summed E-state index contributed by atoms with van der Waals surface area (Å²) in [5, 5.41) is 2.66. The van der Waals surface area contributed by atoms with Gasteiger partial charge in [-0.2, -0.15) is 13.2 Å². The van der Waals surface area contributed by atoms with Crippen LogP contribution >= 0.6 is 11.8 Å². The number of methoxy groups -OCH3 is 1. The lowest BCUT2D eigenvalue weighted by molar-refractivity contribution is -0.141. The van der Waals surface area contributed by atoms with Crippen LogP contribution in [0.1, 0.15) is 5.69 Å². The van der Waals surface area contributed by atoms with Gasteiger partial charge in [0.2, 0.25) is 5.91 Å². The zero-order valence-electron chi connectivity index (χ0n) is 16.9. The minimum absolute atomic E-state index is 0.0769. The zero-order chi connectivity index (χ0) is 22.3.